The van der Waals surface area contributed by atoms with Crippen molar-refractivity contribution in [1.29, 1.82) is 0 Å². The molecule has 1 unspecified atom stereocenters. The molecule has 2 aromatic rings. The maximum absolute atomic E-state index is 6.14. The molecule has 0 radical (unpaired) electrons. The second kappa shape index (κ2) is 7.55. The second-order valence-corrected chi connectivity index (χ2v) is 6.99. The molecule has 1 atom stereocenters. The number of aromatic nitrogens is 1. The zero-order valence-electron chi connectivity index (χ0n) is 11.6. The summed E-state index contributed by atoms with van der Waals surface area (Å²) in [6.07, 6.45) is 1.99. The molecule has 0 spiro atoms. The summed E-state index contributed by atoms with van der Waals surface area (Å²) in [6.45, 7) is 5.18. The molecule has 0 aliphatic heterocycles. The molecule has 1 aromatic heterocycles. The minimum Gasteiger partial charge on any atom is -0.310 e. The normalized spacial score (nSPS) is 12.6. The van der Waals surface area contributed by atoms with Gasteiger partial charge < -0.3 is 5.32 Å². The van der Waals surface area contributed by atoms with Crippen molar-refractivity contribution in [2.45, 2.75) is 32.7 Å². The summed E-state index contributed by atoms with van der Waals surface area (Å²) < 4.78 is 1.09. The van der Waals surface area contributed by atoms with Crippen LogP contribution >= 0.6 is 38.9 Å². The van der Waals surface area contributed by atoms with Crippen LogP contribution in [0.1, 0.15) is 35.7 Å². The fourth-order valence-electron chi connectivity index (χ4n) is 2.06. The van der Waals surface area contributed by atoms with Crippen molar-refractivity contribution in [2.24, 2.45) is 0 Å². The third-order valence-electron chi connectivity index (χ3n) is 3.02. The monoisotopic (exact) mass is 372 g/mol. The van der Waals surface area contributed by atoms with Gasteiger partial charge >= 0.3 is 0 Å². The molecule has 0 bridgehead atoms. The van der Waals surface area contributed by atoms with E-state index < -0.39 is 0 Å². The third-order valence-corrected chi connectivity index (χ3v) is 4.97. The van der Waals surface area contributed by atoms with Gasteiger partial charge in [-0.15, -0.1) is 11.3 Å². The average Bonchev–Trinajstić information content (AvgIpc) is 2.83. The van der Waals surface area contributed by atoms with Crippen molar-refractivity contribution in [3.8, 4) is 0 Å². The van der Waals surface area contributed by atoms with Crippen LogP contribution in [0, 0.1) is 6.92 Å². The van der Waals surface area contributed by atoms with Crippen molar-refractivity contribution in [1.82, 2.24) is 10.3 Å². The highest BCUT2D eigenvalue weighted by molar-refractivity contribution is 9.10. The van der Waals surface area contributed by atoms with Gasteiger partial charge in [-0.05, 0) is 43.7 Å². The quantitative estimate of drug-likeness (QED) is 0.757. The average molecular weight is 374 g/mol. The molecule has 1 heterocycles. The molecule has 20 heavy (non-hydrogen) atoms. The highest BCUT2D eigenvalue weighted by atomic mass is 79.9. The van der Waals surface area contributed by atoms with Gasteiger partial charge in [-0.25, -0.2) is 4.98 Å². The maximum atomic E-state index is 6.14. The second-order valence-electron chi connectivity index (χ2n) is 4.76. The summed E-state index contributed by atoms with van der Waals surface area (Å²) >= 11 is 11.5. The van der Waals surface area contributed by atoms with Crippen LogP contribution in [0.3, 0.4) is 0 Å². The van der Waals surface area contributed by atoms with Crippen molar-refractivity contribution in [3.63, 3.8) is 0 Å². The van der Waals surface area contributed by atoms with E-state index in [4.69, 9.17) is 11.6 Å². The predicted octanol–water partition coefficient (Wildman–Crippen LogP) is 5.15. The molecule has 0 saturated heterocycles. The first kappa shape index (κ1) is 16.0. The maximum Gasteiger partial charge on any atom is 0.0947 e. The minimum atomic E-state index is 0.230. The molecule has 0 amide bonds. The summed E-state index contributed by atoms with van der Waals surface area (Å²) in [5, 5.41) is 7.61. The van der Waals surface area contributed by atoms with E-state index in [0.717, 1.165) is 39.6 Å². The topological polar surface area (TPSA) is 24.9 Å². The van der Waals surface area contributed by atoms with E-state index in [1.54, 1.807) is 11.3 Å². The number of aryl methyl sites for hydroxylation is 1. The summed E-state index contributed by atoms with van der Waals surface area (Å²) in [5.74, 6) is 0. The molecular formula is C15H18BrClN2S. The summed E-state index contributed by atoms with van der Waals surface area (Å²) in [6, 6.07) is 6.17. The van der Waals surface area contributed by atoms with Gasteiger partial charge in [-0.2, -0.15) is 0 Å². The number of hydrogen-bond donors (Lipinski definition) is 1. The van der Waals surface area contributed by atoms with Gasteiger partial charge in [0.25, 0.3) is 0 Å². The van der Waals surface area contributed by atoms with E-state index in [9.17, 15) is 0 Å². The van der Waals surface area contributed by atoms with Gasteiger partial charge in [0.2, 0.25) is 0 Å². The van der Waals surface area contributed by atoms with Crippen LogP contribution in [0.25, 0.3) is 0 Å². The molecule has 0 fully saturated rings. The van der Waals surface area contributed by atoms with Crippen LogP contribution in [0.4, 0.5) is 0 Å². The van der Waals surface area contributed by atoms with Crippen molar-refractivity contribution < 1.29 is 0 Å². The summed E-state index contributed by atoms with van der Waals surface area (Å²) in [4.78, 5) is 4.57. The van der Waals surface area contributed by atoms with Crippen LogP contribution in [-0.2, 0) is 6.42 Å². The largest absolute Gasteiger partial charge is 0.310 e. The van der Waals surface area contributed by atoms with E-state index >= 15 is 0 Å². The number of hydrogen-bond acceptors (Lipinski definition) is 3. The SMILES string of the molecule is CCCNC(Cc1nc(C)cs1)c1cc(Cl)ccc1Br. The van der Waals surface area contributed by atoms with Gasteiger partial charge in [0.15, 0.2) is 0 Å². The van der Waals surface area contributed by atoms with Gasteiger partial charge in [-0.3, -0.25) is 0 Å². The molecular weight excluding hydrogens is 356 g/mol. The fraction of sp³-hybridized carbons (Fsp3) is 0.400. The first-order chi connectivity index (χ1) is 9.60. The summed E-state index contributed by atoms with van der Waals surface area (Å²) in [7, 11) is 0. The van der Waals surface area contributed by atoms with Gasteiger partial charge in [0, 0.05) is 33.0 Å². The molecule has 2 rings (SSSR count). The number of benzene rings is 1. The van der Waals surface area contributed by atoms with Crippen LogP contribution in [0.5, 0.6) is 0 Å². The van der Waals surface area contributed by atoms with E-state index in [1.165, 1.54) is 5.56 Å². The van der Waals surface area contributed by atoms with Crippen LogP contribution in [0.2, 0.25) is 5.02 Å². The summed E-state index contributed by atoms with van der Waals surface area (Å²) in [5.41, 5.74) is 2.28. The molecule has 0 aliphatic carbocycles. The first-order valence-corrected chi connectivity index (χ1v) is 8.74. The Hall–Kier alpha value is -0.420. The lowest BCUT2D eigenvalue weighted by molar-refractivity contribution is 0.526. The standard InChI is InChI=1S/C15H18BrClN2S/c1-3-6-18-14(8-15-19-10(2)9-20-15)12-7-11(17)4-5-13(12)16/h4-5,7,9,14,18H,3,6,8H2,1-2H3. The van der Waals surface area contributed by atoms with Gasteiger partial charge in [0.1, 0.15) is 0 Å². The highest BCUT2D eigenvalue weighted by Gasteiger charge is 2.16. The highest BCUT2D eigenvalue weighted by Crippen LogP contribution is 2.29. The van der Waals surface area contributed by atoms with Crippen LogP contribution < -0.4 is 5.32 Å². The number of nitrogens with one attached hydrogen (secondary N) is 1. The van der Waals surface area contributed by atoms with Gasteiger partial charge in [-0.1, -0.05) is 34.5 Å². The van der Waals surface area contributed by atoms with Gasteiger partial charge in [0.05, 0.1) is 5.01 Å². The molecule has 108 valence electrons. The zero-order valence-corrected chi connectivity index (χ0v) is 14.8. The third kappa shape index (κ3) is 4.29. The number of thiazole rings is 1. The molecule has 2 nitrogen and oxygen atoms in total. The van der Waals surface area contributed by atoms with Crippen molar-refractivity contribution >= 4 is 38.9 Å². The van der Waals surface area contributed by atoms with Crippen LogP contribution in [-0.4, -0.2) is 11.5 Å². The molecule has 1 aromatic carbocycles. The van der Waals surface area contributed by atoms with E-state index in [1.807, 2.05) is 25.1 Å². The van der Waals surface area contributed by atoms with E-state index in [2.05, 4.69) is 38.5 Å². The van der Waals surface area contributed by atoms with Crippen molar-refractivity contribution in [2.75, 3.05) is 6.54 Å². The molecule has 0 aliphatic rings. The Morgan fingerprint density at radius 3 is 2.90 bits per heavy atom. The molecule has 1 N–H and O–H groups in total. The van der Waals surface area contributed by atoms with Crippen LogP contribution in [0.15, 0.2) is 28.1 Å². The molecule has 0 saturated carbocycles. The predicted molar refractivity (Wildman–Crippen MR) is 90.7 cm³/mol. The lowest BCUT2D eigenvalue weighted by atomic mass is 10.0. The van der Waals surface area contributed by atoms with Crippen molar-refractivity contribution in [3.05, 3.63) is 49.3 Å². The Balaban J connectivity index is 2.24. The minimum absolute atomic E-state index is 0.230. The number of halogens is 2. The number of nitrogens with zero attached hydrogens (tertiary/aromatic N) is 1. The van der Waals surface area contributed by atoms with E-state index in [0.29, 0.717) is 0 Å². The Morgan fingerprint density at radius 1 is 1.45 bits per heavy atom. The smallest absolute Gasteiger partial charge is 0.0947 e. The first-order valence-electron chi connectivity index (χ1n) is 6.69. The zero-order chi connectivity index (χ0) is 14.5. The number of rotatable bonds is 6. The Labute approximate surface area is 137 Å². The Bertz CT molecular complexity index is 571. The lowest BCUT2D eigenvalue weighted by Crippen LogP contribution is -2.24. The Kier molecular flexibility index (Phi) is 6.02. The lowest BCUT2D eigenvalue weighted by Gasteiger charge is -2.19. The Morgan fingerprint density at radius 2 is 2.25 bits per heavy atom. The fourth-order valence-corrected chi connectivity index (χ4v) is 3.59. The molecule has 5 heteroatoms. The van der Waals surface area contributed by atoms with E-state index in [-0.39, 0.29) is 6.04 Å².